The second-order valence-corrected chi connectivity index (χ2v) is 6.73. The van der Waals surface area contributed by atoms with E-state index in [1.165, 1.54) is 5.56 Å². The largest absolute Gasteiger partial charge is 0.387 e. The normalized spacial score (nSPS) is 17.2. The van der Waals surface area contributed by atoms with Crippen molar-refractivity contribution in [2.24, 2.45) is 5.92 Å². The number of pyridine rings is 1. The third kappa shape index (κ3) is 4.87. The number of aryl methyl sites for hydroxylation is 1. The molecule has 1 atom stereocenters. The van der Waals surface area contributed by atoms with Gasteiger partial charge in [-0.1, -0.05) is 23.8 Å². The molecule has 5 nitrogen and oxygen atoms in total. The van der Waals surface area contributed by atoms with Crippen molar-refractivity contribution in [1.29, 1.82) is 0 Å². The maximum atomic E-state index is 12.2. The second-order valence-electron chi connectivity index (χ2n) is 6.73. The van der Waals surface area contributed by atoms with Crippen molar-refractivity contribution in [1.82, 2.24) is 9.88 Å². The fourth-order valence-corrected chi connectivity index (χ4v) is 3.26. The van der Waals surface area contributed by atoms with Crippen LogP contribution in [0.5, 0.6) is 0 Å². The number of rotatable bonds is 5. The quantitative estimate of drug-likeness (QED) is 0.879. The number of hydrogen-bond acceptors (Lipinski definition) is 4. The van der Waals surface area contributed by atoms with Crippen LogP contribution in [0.3, 0.4) is 0 Å². The maximum absolute atomic E-state index is 12.2. The average Bonchev–Trinajstić information content (AvgIpc) is 2.64. The van der Waals surface area contributed by atoms with Crippen LogP contribution in [0.1, 0.15) is 30.2 Å². The van der Waals surface area contributed by atoms with E-state index < -0.39 is 6.10 Å². The Morgan fingerprint density at radius 2 is 1.96 bits per heavy atom. The Kier molecular flexibility index (Phi) is 5.79. The molecule has 0 radical (unpaired) electrons. The van der Waals surface area contributed by atoms with E-state index in [9.17, 15) is 9.90 Å². The summed E-state index contributed by atoms with van der Waals surface area (Å²) in [5, 5.41) is 13.4. The van der Waals surface area contributed by atoms with Gasteiger partial charge in [-0.15, -0.1) is 0 Å². The number of aliphatic hydroxyl groups excluding tert-OH is 1. The smallest absolute Gasteiger partial charge is 0.238 e. The number of anilines is 1. The van der Waals surface area contributed by atoms with Gasteiger partial charge in [-0.05, 0) is 63.0 Å². The summed E-state index contributed by atoms with van der Waals surface area (Å²) in [5.74, 6) is 0.207. The van der Waals surface area contributed by atoms with Gasteiger partial charge in [0.25, 0.3) is 0 Å². The Labute approximate surface area is 148 Å². The number of nitrogens with one attached hydrogen (secondary N) is 1. The summed E-state index contributed by atoms with van der Waals surface area (Å²) >= 11 is 0. The van der Waals surface area contributed by atoms with E-state index in [0.717, 1.165) is 37.3 Å². The minimum atomic E-state index is -0.523. The monoisotopic (exact) mass is 339 g/mol. The number of amides is 1. The molecule has 0 bridgehead atoms. The third-order valence-corrected chi connectivity index (χ3v) is 4.77. The van der Waals surface area contributed by atoms with Crippen molar-refractivity contribution < 1.29 is 9.90 Å². The Hall–Kier alpha value is -2.24. The van der Waals surface area contributed by atoms with Gasteiger partial charge in [-0.25, -0.2) is 0 Å². The lowest BCUT2D eigenvalue weighted by Gasteiger charge is -2.33. The highest BCUT2D eigenvalue weighted by Crippen LogP contribution is 2.29. The number of likely N-dealkylation sites (tertiary alicyclic amines) is 1. The zero-order valence-corrected chi connectivity index (χ0v) is 14.6. The molecule has 1 aromatic heterocycles. The van der Waals surface area contributed by atoms with Crippen LogP contribution in [0.25, 0.3) is 0 Å². The number of benzene rings is 1. The van der Waals surface area contributed by atoms with Crippen LogP contribution in [0.2, 0.25) is 0 Å². The van der Waals surface area contributed by atoms with Gasteiger partial charge in [0.05, 0.1) is 18.3 Å². The molecule has 5 heteroatoms. The zero-order valence-electron chi connectivity index (χ0n) is 14.6. The van der Waals surface area contributed by atoms with Crippen molar-refractivity contribution >= 4 is 11.6 Å². The van der Waals surface area contributed by atoms with Crippen LogP contribution < -0.4 is 5.32 Å². The molecule has 1 saturated heterocycles. The minimum Gasteiger partial charge on any atom is -0.387 e. The van der Waals surface area contributed by atoms with E-state index >= 15 is 0 Å². The van der Waals surface area contributed by atoms with E-state index in [4.69, 9.17) is 0 Å². The van der Waals surface area contributed by atoms with Gasteiger partial charge in [-0.3, -0.25) is 14.7 Å². The van der Waals surface area contributed by atoms with Crippen molar-refractivity contribution in [3.8, 4) is 0 Å². The molecule has 25 heavy (non-hydrogen) atoms. The number of aliphatic hydroxyl groups is 1. The molecule has 0 spiro atoms. The molecule has 2 aromatic rings. The molecule has 2 heterocycles. The SMILES string of the molecule is Cc1ccc(NC(=O)CN2CCC([C@@H](O)c3ccccn3)CC2)cc1. The summed E-state index contributed by atoms with van der Waals surface area (Å²) in [6.07, 6.45) is 2.93. The van der Waals surface area contributed by atoms with Crippen LogP contribution >= 0.6 is 0 Å². The standard InChI is InChI=1S/C20H25N3O2/c1-15-5-7-17(8-6-15)22-19(24)14-23-12-9-16(10-13-23)20(25)18-4-2-3-11-21-18/h2-8,11,16,20,25H,9-10,12-14H2,1H3,(H,22,24)/t20-/m1/s1. The van der Waals surface area contributed by atoms with Gasteiger partial charge in [0.2, 0.25) is 5.91 Å². The number of carbonyl (C=O) groups is 1. The van der Waals surface area contributed by atoms with Crippen LogP contribution in [0.4, 0.5) is 5.69 Å². The summed E-state index contributed by atoms with van der Waals surface area (Å²) < 4.78 is 0. The molecule has 1 aliphatic rings. The molecule has 0 aliphatic carbocycles. The predicted octanol–water partition coefficient (Wildman–Crippen LogP) is 2.77. The molecule has 132 valence electrons. The first-order valence-corrected chi connectivity index (χ1v) is 8.79. The first-order valence-electron chi connectivity index (χ1n) is 8.79. The predicted molar refractivity (Wildman–Crippen MR) is 98.2 cm³/mol. The third-order valence-electron chi connectivity index (χ3n) is 4.77. The summed E-state index contributed by atoms with van der Waals surface area (Å²) in [6, 6.07) is 13.4. The Balaban J connectivity index is 1.46. The van der Waals surface area contributed by atoms with E-state index in [1.54, 1.807) is 6.20 Å². The lowest BCUT2D eigenvalue weighted by Crippen LogP contribution is -2.40. The highest BCUT2D eigenvalue weighted by molar-refractivity contribution is 5.92. The van der Waals surface area contributed by atoms with Crippen molar-refractivity contribution in [3.05, 3.63) is 59.9 Å². The van der Waals surface area contributed by atoms with Gasteiger partial charge in [0.1, 0.15) is 0 Å². The van der Waals surface area contributed by atoms with Crippen molar-refractivity contribution in [2.75, 3.05) is 25.0 Å². The summed E-state index contributed by atoms with van der Waals surface area (Å²) in [5.41, 5.74) is 2.74. The van der Waals surface area contributed by atoms with Gasteiger partial charge in [-0.2, -0.15) is 0 Å². The number of hydrogen-bond donors (Lipinski definition) is 2. The average molecular weight is 339 g/mol. The second kappa shape index (κ2) is 8.23. The van der Waals surface area contributed by atoms with Crippen molar-refractivity contribution in [2.45, 2.75) is 25.9 Å². The number of piperidine rings is 1. The number of carbonyl (C=O) groups excluding carboxylic acids is 1. The number of nitrogens with zero attached hydrogens (tertiary/aromatic N) is 2. The van der Waals surface area contributed by atoms with E-state index in [2.05, 4.69) is 15.2 Å². The summed E-state index contributed by atoms with van der Waals surface area (Å²) in [4.78, 5) is 18.6. The Morgan fingerprint density at radius 1 is 1.24 bits per heavy atom. The van der Waals surface area contributed by atoms with Gasteiger partial charge in [0.15, 0.2) is 0 Å². The lowest BCUT2D eigenvalue weighted by atomic mass is 9.89. The zero-order chi connectivity index (χ0) is 17.6. The molecule has 0 unspecified atom stereocenters. The van der Waals surface area contributed by atoms with Crippen LogP contribution in [-0.2, 0) is 4.79 Å². The molecule has 3 rings (SSSR count). The fourth-order valence-electron chi connectivity index (χ4n) is 3.26. The molecular weight excluding hydrogens is 314 g/mol. The fraction of sp³-hybridized carbons (Fsp3) is 0.400. The topological polar surface area (TPSA) is 65.5 Å². The Morgan fingerprint density at radius 3 is 2.60 bits per heavy atom. The first kappa shape index (κ1) is 17.6. The van der Waals surface area contributed by atoms with E-state index in [0.29, 0.717) is 6.54 Å². The molecule has 1 aromatic carbocycles. The molecular formula is C20H25N3O2. The molecule has 1 aliphatic heterocycles. The minimum absolute atomic E-state index is 0.00702. The van der Waals surface area contributed by atoms with E-state index in [1.807, 2.05) is 49.4 Å². The molecule has 1 amide bonds. The molecule has 1 fully saturated rings. The van der Waals surface area contributed by atoms with Crippen molar-refractivity contribution in [3.63, 3.8) is 0 Å². The van der Waals surface area contributed by atoms with Gasteiger partial charge >= 0.3 is 0 Å². The first-order chi connectivity index (χ1) is 12.1. The van der Waals surface area contributed by atoms with Gasteiger partial charge < -0.3 is 10.4 Å². The Bertz CT molecular complexity index is 680. The number of aromatic nitrogens is 1. The van der Waals surface area contributed by atoms with Gasteiger partial charge in [0, 0.05) is 11.9 Å². The highest BCUT2D eigenvalue weighted by atomic mass is 16.3. The molecule has 0 saturated carbocycles. The van der Waals surface area contributed by atoms with Crippen LogP contribution in [-0.4, -0.2) is 40.5 Å². The van der Waals surface area contributed by atoms with Crippen LogP contribution in [0.15, 0.2) is 48.7 Å². The maximum Gasteiger partial charge on any atom is 0.238 e. The lowest BCUT2D eigenvalue weighted by molar-refractivity contribution is -0.117. The summed E-state index contributed by atoms with van der Waals surface area (Å²) in [6.45, 7) is 4.04. The van der Waals surface area contributed by atoms with E-state index in [-0.39, 0.29) is 11.8 Å². The summed E-state index contributed by atoms with van der Waals surface area (Å²) in [7, 11) is 0. The van der Waals surface area contributed by atoms with Crippen LogP contribution in [0, 0.1) is 12.8 Å². The molecule has 2 N–H and O–H groups in total. The highest BCUT2D eigenvalue weighted by Gasteiger charge is 2.27.